The number of hydrogen-bond acceptors (Lipinski definition) is 2. The van der Waals surface area contributed by atoms with Crippen LogP contribution in [0.25, 0.3) is 0 Å². The molecule has 128 valence electrons. The van der Waals surface area contributed by atoms with Gasteiger partial charge in [0.05, 0.1) is 6.54 Å². The lowest BCUT2D eigenvalue weighted by Crippen LogP contribution is -2.41. The number of hydrogen-bond donors (Lipinski definition) is 2. The zero-order valence-corrected chi connectivity index (χ0v) is 14.7. The fraction of sp³-hybridized carbons (Fsp3) is 0.632. The van der Waals surface area contributed by atoms with E-state index < -0.39 is 0 Å². The van der Waals surface area contributed by atoms with Gasteiger partial charge < -0.3 is 15.5 Å². The monoisotopic (exact) mass is 316 g/mol. The molecule has 1 aliphatic heterocycles. The molecule has 1 saturated heterocycles. The molecule has 0 aromatic heterocycles. The Morgan fingerprint density at radius 3 is 2.78 bits per heavy atom. The van der Waals surface area contributed by atoms with Crippen molar-refractivity contribution in [2.75, 3.05) is 26.2 Å². The lowest BCUT2D eigenvalue weighted by atomic mass is 10.0. The smallest absolute Gasteiger partial charge is 0.191 e. The molecule has 0 aliphatic carbocycles. The molecule has 2 rings (SSSR count). The zero-order valence-electron chi connectivity index (χ0n) is 14.7. The third kappa shape index (κ3) is 6.61. The SMILES string of the molecule is CCNC(=NCc1ccccc1)NCCCN1CCCCC1C. The van der Waals surface area contributed by atoms with E-state index in [9.17, 15) is 0 Å². The van der Waals surface area contributed by atoms with Crippen molar-refractivity contribution in [2.45, 2.75) is 52.1 Å². The van der Waals surface area contributed by atoms with E-state index in [0.29, 0.717) is 0 Å². The van der Waals surface area contributed by atoms with Crippen molar-refractivity contribution in [3.8, 4) is 0 Å². The van der Waals surface area contributed by atoms with Crippen molar-refractivity contribution < 1.29 is 0 Å². The van der Waals surface area contributed by atoms with Gasteiger partial charge in [0.1, 0.15) is 0 Å². The topological polar surface area (TPSA) is 39.7 Å². The largest absolute Gasteiger partial charge is 0.357 e. The van der Waals surface area contributed by atoms with Crippen LogP contribution in [0.15, 0.2) is 35.3 Å². The van der Waals surface area contributed by atoms with Crippen LogP contribution in [-0.4, -0.2) is 43.1 Å². The van der Waals surface area contributed by atoms with E-state index in [4.69, 9.17) is 0 Å². The summed E-state index contributed by atoms with van der Waals surface area (Å²) >= 11 is 0. The predicted molar refractivity (Wildman–Crippen MR) is 98.8 cm³/mol. The summed E-state index contributed by atoms with van der Waals surface area (Å²) in [4.78, 5) is 7.29. The maximum atomic E-state index is 4.66. The molecule has 1 heterocycles. The van der Waals surface area contributed by atoms with E-state index >= 15 is 0 Å². The maximum Gasteiger partial charge on any atom is 0.191 e. The van der Waals surface area contributed by atoms with Gasteiger partial charge in [-0.2, -0.15) is 0 Å². The highest BCUT2D eigenvalue weighted by Crippen LogP contribution is 2.15. The Labute approximate surface area is 141 Å². The molecule has 0 bridgehead atoms. The minimum Gasteiger partial charge on any atom is -0.357 e. The Balaban J connectivity index is 1.71. The Morgan fingerprint density at radius 1 is 1.22 bits per heavy atom. The number of nitrogens with one attached hydrogen (secondary N) is 2. The molecular weight excluding hydrogens is 284 g/mol. The van der Waals surface area contributed by atoms with Crippen LogP contribution in [0, 0.1) is 0 Å². The molecule has 1 atom stereocenters. The Kier molecular flexibility index (Phi) is 7.95. The van der Waals surface area contributed by atoms with Crippen molar-refractivity contribution in [1.29, 1.82) is 0 Å². The van der Waals surface area contributed by atoms with E-state index in [1.807, 2.05) is 6.07 Å². The van der Waals surface area contributed by atoms with Crippen LogP contribution in [-0.2, 0) is 6.54 Å². The van der Waals surface area contributed by atoms with Crippen LogP contribution in [0.3, 0.4) is 0 Å². The second kappa shape index (κ2) is 10.3. The average molecular weight is 316 g/mol. The van der Waals surface area contributed by atoms with Crippen molar-refractivity contribution in [3.63, 3.8) is 0 Å². The Hall–Kier alpha value is -1.55. The number of aliphatic imine (C=N–C) groups is 1. The number of likely N-dealkylation sites (tertiary alicyclic amines) is 1. The van der Waals surface area contributed by atoms with Gasteiger partial charge in [-0.15, -0.1) is 0 Å². The van der Waals surface area contributed by atoms with Gasteiger partial charge in [-0.05, 0) is 45.2 Å². The van der Waals surface area contributed by atoms with Crippen LogP contribution >= 0.6 is 0 Å². The van der Waals surface area contributed by atoms with Gasteiger partial charge >= 0.3 is 0 Å². The Bertz CT molecular complexity index is 458. The molecule has 0 radical (unpaired) electrons. The fourth-order valence-electron chi connectivity index (χ4n) is 3.07. The molecule has 1 aromatic carbocycles. The highest BCUT2D eigenvalue weighted by molar-refractivity contribution is 5.79. The first-order chi connectivity index (χ1) is 11.3. The minimum absolute atomic E-state index is 0.722. The predicted octanol–water partition coefficient (Wildman–Crippen LogP) is 3.01. The van der Waals surface area contributed by atoms with Crippen molar-refractivity contribution in [2.24, 2.45) is 4.99 Å². The zero-order chi connectivity index (χ0) is 16.3. The number of benzene rings is 1. The average Bonchev–Trinajstić information content (AvgIpc) is 2.59. The summed E-state index contributed by atoms with van der Waals surface area (Å²) in [6.45, 7) is 9.51. The molecule has 1 aliphatic rings. The number of guanidine groups is 1. The van der Waals surface area contributed by atoms with Crippen molar-refractivity contribution in [1.82, 2.24) is 15.5 Å². The second-order valence-corrected chi connectivity index (χ2v) is 6.34. The lowest BCUT2D eigenvalue weighted by molar-refractivity contribution is 0.159. The fourth-order valence-corrected chi connectivity index (χ4v) is 3.07. The van der Waals surface area contributed by atoms with E-state index in [0.717, 1.165) is 31.6 Å². The lowest BCUT2D eigenvalue weighted by Gasteiger charge is -2.33. The molecule has 1 aromatic rings. The normalized spacial score (nSPS) is 19.6. The van der Waals surface area contributed by atoms with Crippen LogP contribution in [0.4, 0.5) is 0 Å². The van der Waals surface area contributed by atoms with E-state index in [2.05, 4.69) is 58.6 Å². The Morgan fingerprint density at radius 2 is 2.04 bits per heavy atom. The summed E-state index contributed by atoms with van der Waals surface area (Å²) in [6, 6.07) is 11.1. The molecule has 1 unspecified atom stereocenters. The van der Waals surface area contributed by atoms with Crippen LogP contribution < -0.4 is 10.6 Å². The standard InChI is InChI=1S/C19H32N4/c1-3-20-19(22-16-18-11-5-4-6-12-18)21-13-9-15-23-14-8-7-10-17(23)2/h4-6,11-12,17H,3,7-10,13-16H2,1-2H3,(H2,20,21,22). The van der Waals surface area contributed by atoms with Crippen LogP contribution in [0.1, 0.15) is 45.1 Å². The first-order valence-corrected chi connectivity index (χ1v) is 9.09. The number of nitrogens with zero attached hydrogens (tertiary/aromatic N) is 2. The van der Waals surface area contributed by atoms with Gasteiger partial charge in [0.25, 0.3) is 0 Å². The van der Waals surface area contributed by atoms with Gasteiger partial charge in [0, 0.05) is 25.7 Å². The highest BCUT2D eigenvalue weighted by atomic mass is 15.2. The summed E-state index contributed by atoms with van der Waals surface area (Å²) in [5.74, 6) is 0.919. The van der Waals surface area contributed by atoms with Gasteiger partial charge in [-0.3, -0.25) is 0 Å². The molecule has 4 heteroatoms. The first kappa shape index (κ1) is 17.8. The van der Waals surface area contributed by atoms with Crippen molar-refractivity contribution >= 4 is 5.96 Å². The highest BCUT2D eigenvalue weighted by Gasteiger charge is 2.16. The van der Waals surface area contributed by atoms with Crippen LogP contribution in [0.5, 0.6) is 0 Å². The molecule has 1 fully saturated rings. The van der Waals surface area contributed by atoms with Gasteiger partial charge in [-0.1, -0.05) is 36.8 Å². The third-order valence-electron chi connectivity index (χ3n) is 4.46. The first-order valence-electron chi connectivity index (χ1n) is 9.09. The van der Waals surface area contributed by atoms with E-state index in [1.54, 1.807) is 0 Å². The maximum absolute atomic E-state index is 4.66. The van der Waals surface area contributed by atoms with E-state index in [-0.39, 0.29) is 0 Å². The molecule has 2 N–H and O–H groups in total. The minimum atomic E-state index is 0.722. The quantitative estimate of drug-likeness (QED) is 0.461. The summed E-state index contributed by atoms with van der Waals surface area (Å²) in [5, 5.41) is 6.78. The van der Waals surface area contributed by atoms with Gasteiger partial charge in [-0.25, -0.2) is 4.99 Å². The van der Waals surface area contributed by atoms with Crippen molar-refractivity contribution in [3.05, 3.63) is 35.9 Å². The summed E-state index contributed by atoms with van der Waals surface area (Å²) in [7, 11) is 0. The van der Waals surface area contributed by atoms with Gasteiger partial charge in [0.2, 0.25) is 0 Å². The molecule has 4 nitrogen and oxygen atoms in total. The van der Waals surface area contributed by atoms with Crippen LogP contribution in [0.2, 0.25) is 0 Å². The molecular formula is C19H32N4. The molecule has 0 spiro atoms. The summed E-state index contributed by atoms with van der Waals surface area (Å²) < 4.78 is 0. The molecule has 0 amide bonds. The number of rotatable bonds is 7. The number of piperidine rings is 1. The molecule has 0 saturated carbocycles. The van der Waals surface area contributed by atoms with Gasteiger partial charge in [0.15, 0.2) is 5.96 Å². The summed E-state index contributed by atoms with van der Waals surface area (Å²) in [6.07, 6.45) is 5.28. The second-order valence-electron chi connectivity index (χ2n) is 6.34. The third-order valence-corrected chi connectivity index (χ3v) is 4.46. The summed E-state index contributed by atoms with van der Waals surface area (Å²) in [5.41, 5.74) is 1.24. The van der Waals surface area contributed by atoms with E-state index in [1.165, 1.54) is 44.3 Å². The molecule has 23 heavy (non-hydrogen) atoms.